The van der Waals surface area contributed by atoms with Crippen LogP contribution in [0.25, 0.3) is 5.82 Å². The van der Waals surface area contributed by atoms with Gasteiger partial charge in [0.05, 0.1) is 18.2 Å². The van der Waals surface area contributed by atoms with Gasteiger partial charge in [-0.3, -0.25) is 0 Å². The molecule has 0 atom stereocenters. The van der Waals surface area contributed by atoms with Crippen molar-refractivity contribution in [2.75, 3.05) is 18.4 Å². The smallest absolute Gasteiger partial charge is 0.257 e. The molecule has 3 N–H and O–H groups in total. The van der Waals surface area contributed by atoms with E-state index in [0.717, 1.165) is 11.4 Å². The molecule has 0 fully saturated rings. The fourth-order valence-electron chi connectivity index (χ4n) is 2.24. The van der Waals surface area contributed by atoms with E-state index in [1.807, 2.05) is 19.9 Å². The van der Waals surface area contributed by atoms with E-state index in [2.05, 4.69) is 35.3 Å². The van der Waals surface area contributed by atoms with E-state index in [1.165, 1.54) is 12.5 Å². The maximum Gasteiger partial charge on any atom is 0.257 e. The Morgan fingerprint density at radius 1 is 1.20 bits per heavy atom. The van der Waals surface area contributed by atoms with Gasteiger partial charge in [0.25, 0.3) is 10.0 Å². The molecule has 0 saturated heterocycles. The molecule has 3 rings (SSSR count). The number of sulfonamides is 1. The number of anilines is 1. The van der Waals surface area contributed by atoms with Crippen LogP contribution < -0.4 is 10.0 Å². The van der Waals surface area contributed by atoms with Crippen molar-refractivity contribution in [3.05, 3.63) is 42.1 Å². The minimum atomic E-state index is -3.57. The molecule has 3 aromatic heterocycles. The maximum absolute atomic E-state index is 11.9. The molecule has 0 aliphatic carbocycles. The summed E-state index contributed by atoms with van der Waals surface area (Å²) in [5.41, 5.74) is 1.88. The van der Waals surface area contributed by atoms with Gasteiger partial charge in [0, 0.05) is 18.8 Å². The predicted molar refractivity (Wildman–Crippen MR) is 90.9 cm³/mol. The van der Waals surface area contributed by atoms with Gasteiger partial charge in [0.1, 0.15) is 5.82 Å². The summed E-state index contributed by atoms with van der Waals surface area (Å²) >= 11 is 0. The molecule has 0 spiro atoms. The van der Waals surface area contributed by atoms with Crippen molar-refractivity contribution in [3.63, 3.8) is 0 Å². The van der Waals surface area contributed by atoms with Gasteiger partial charge in [-0.15, -0.1) is 10.2 Å². The number of hydrogen-bond acceptors (Lipinski definition) is 7. The molecular weight excluding hydrogens is 344 g/mol. The van der Waals surface area contributed by atoms with Crippen LogP contribution >= 0.6 is 0 Å². The molecule has 0 aliphatic heterocycles. The molecule has 25 heavy (non-hydrogen) atoms. The molecule has 10 nitrogen and oxygen atoms in total. The zero-order valence-corrected chi connectivity index (χ0v) is 14.6. The second kappa shape index (κ2) is 6.99. The van der Waals surface area contributed by atoms with E-state index in [9.17, 15) is 8.42 Å². The van der Waals surface area contributed by atoms with Crippen LogP contribution in [0, 0.1) is 13.8 Å². The van der Waals surface area contributed by atoms with Crippen molar-refractivity contribution in [1.82, 2.24) is 34.7 Å². The summed E-state index contributed by atoms with van der Waals surface area (Å²) in [4.78, 5) is 6.24. The van der Waals surface area contributed by atoms with Gasteiger partial charge in [-0.1, -0.05) is 0 Å². The van der Waals surface area contributed by atoms with Gasteiger partial charge in [-0.2, -0.15) is 5.10 Å². The molecule has 132 valence electrons. The topological polar surface area (TPSA) is 130 Å². The number of nitrogens with zero attached hydrogens (tertiary/aromatic N) is 5. The summed E-state index contributed by atoms with van der Waals surface area (Å²) in [6.45, 7) is 4.42. The van der Waals surface area contributed by atoms with E-state index in [1.54, 1.807) is 16.8 Å². The Hall–Kier alpha value is -2.79. The molecule has 0 aromatic carbocycles. The fourth-order valence-corrected chi connectivity index (χ4v) is 3.17. The first-order valence-corrected chi connectivity index (χ1v) is 9.03. The van der Waals surface area contributed by atoms with E-state index in [0.29, 0.717) is 18.2 Å². The molecule has 0 saturated carbocycles. The van der Waals surface area contributed by atoms with Crippen LogP contribution in [0.3, 0.4) is 0 Å². The van der Waals surface area contributed by atoms with Gasteiger partial charge in [-0.05, 0) is 32.0 Å². The first-order chi connectivity index (χ1) is 12.0. The van der Waals surface area contributed by atoms with Crippen LogP contribution in [-0.2, 0) is 10.0 Å². The predicted octanol–water partition coefficient (Wildman–Crippen LogP) is 0.393. The van der Waals surface area contributed by atoms with Crippen molar-refractivity contribution in [2.24, 2.45) is 0 Å². The van der Waals surface area contributed by atoms with E-state index in [-0.39, 0.29) is 11.6 Å². The molecule has 0 bridgehead atoms. The largest absolute Gasteiger partial charge is 0.367 e. The third-order valence-electron chi connectivity index (χ3n) is 3.36. The summed E-state index contributed by atoms with van der Waals surface area (Å²) in [7, 11) is -3.57. The molecule has 0 unspecified atom stereocenters. The average molecular weight is 362 g/mol. The Morgan fingerprint density at radius 3 is 2.64 bits per heavy atom. The highest BCUT2D eigenvalue weighted by Crippen LogP contribution is 2.10. The lowest BCUT2D eigenvalue weighted by molar-refractivity contribution is 0.579. The summed E-state index contributed by atoms with van der Waals surface area (Å²) in [6.07, 6.45) is 2.56. The zero-order chi connectivity index (χ0) is 17.9. The summed E-state index contributed by atoms with van der Waals surface area (Å²) in [6, 6.07) is 5.52. The third kappa shape index (κ3) is 4.00. The SMILES string of the molecule is Cc1cc(C)n(-c2ccc(NCCNS(=O)(=O)c3cnc[nH]3)nn2)n1. The second-order valence-corrected chi connectivity index (χ2v) is 7.09. The number of nitrogens with one attached hydrogen (secondary N) is 3. The van der Waals surface area contributed by atoms with Gasteiger partial charge < -0.3 is 10.3 Å². The summed E-state index contributed by atoms with van der Waals surface area (Å²) < 4.78 is 28.0. The van der Waals surface area contributed by atoms with Crippen LogP contribution in [0.1, 0.15) is 11.4 Å². The highest BCUT2D eigenvalue weighted by atomic mass is 32.2. The quantitative estimate of drug-likeness (QED) is 0.518. The van der Waals surface area contributed by atoms with Crippen molar-refractivity contribution in [3.8, 4) is 5.82 Å². The monoisotopic (exact) mass is 362 g/mol. The molecule has 0 aliphatic rings. The first-order valence-electron chi connectivity index (χ1n) is 7.55. The van der Waals surface area contributed by atoms with Crippen molar-refractivity contribution < 1.29 is 8.42 Å². The Kier molecular flexibility index (Phi) is 4.76. The normalized spacial score (nSPS) is 11.6. The van der Waals surface area contributed by atoms with Crippen molar-refractivity contribution in [1.29, 1.82) is 0 Å². The molecular formula is C14H18N8O2S. The minimum Gasteiger partial charge on any atom is -0.367 e. The molecule has 3 aromatic rings. The number of aromatic nitrogens is 6. The Labute approximate surface area is 144 Å². The lowest BCUT2D eigenvalue weighted by Crippen LogP contribution is -2.29. The lowest BCUT2D eigenvalue weighted by atomic mass is 10.4. The number of rotatable bonds is 7. The Bertz CT molecular complexity index is 932. The van der Waals surface area contributed by atoms with E-state index < -0.39 is 10.0 Å². The van der Waals surface area contributed by atoms with E-state index in [4.69, 9.17) is 0 Å². The number of hydrogen-bond donors (Lipinski definition) is 3. The van der Waals surface area contributed by atoms with Crippen LogP contribution in [0.4, 0.5) is 5.82 Å². The zero-order valence-electron chi connectivity index (χ0n) is 13.8. The molecule has 0 amide bonds. The fraction of sp³-hybridized carbons (Fsp3) is 0.286. The highest BCUT2D eigenvalue weighted by molar-refractivity contribution is 7.89. The van der Waals surface area contributed by atoms with Crippen LogP contribution in [0.2, 0.25) is 0 Å². The molecule has 0 radical (unpaired) electrons. The first kappa shape index (κ1) is 17.0. The number of aryl methyl sites for hydroxylation is 2. The third-order valence-corrected chi connectivity index (χ3v) is 4.75. The van der Waals surface area contributed by atoms with Gasteiger partial charge in [0.15, 0.2) is 10.8 Å². The minimum absolute atomic E-state index is 0.0292. The van der Waals surface area contributed by atoms with Crippen LogP contribution in [0.15, 0.2) is 35.7 Å². The Balaban J connectivity index is 1.53. The summed E-state index contributed by atoms with van der Waals surface area (Å²) in [5, 5.41) is 15.6. The second-order valence-electron chi connectivity index (χ2n) is 5.36. The number of imidazole rings is 1. The number of aromatic amines is 1. The van der Waals surface area contributed by atoms with Gasteiger partial charge >= 0.3 is 0 Å². The average Bonchev–Trinajstić information content (AvgIpc) is 3.22. The standard InChI is InChI=1S/C14H18N8O2S/c1-10-7-11(2)22(21-10)13-4-3-12(19-20-13)16-5-6-18-25(23,24)14-8-15-9-17-14/h3-4,7-9,18H,5-6H2,1-2H3,(H,15,17)(H,16,19). The van der Waals surface area contributed by atoms with Crippen molar-refractivity contribution in [2.45, 2.75) is 18.9 Å². The van der Waals surface area contributed by atoms with Gasteiger partial charge in [-0.25, -0.2) is 22.8 Å². The van der Waals surface area contributed by atoms with E-state index >= 15 is 0 Å². The molecule has 3 heterocycles. The highest BCUT2D eigenvalue weighted by Gasteiger charge is 2.14. The maximum atomic E-state index is 11.9. The lowest BCUT2D eigenvalue weighted by Gasteiger charge is -2.07. The molecule has 11 heteroatoms. The Morgan fingerprint density at radius 2 is 2.04 bits per heavy atom. The summed E-state index contributed by atoms with van der Waals surface area (Å²) in [5.74, 6) is 1.17. The van der Waals surface area contributed by atoms with Gasteiger partial charge in [0.2, 0.25) is 0 Å². The number of H-pyrrole nitrogens is 1. The van der Waals surface area contributed by atoms with Crippen molar-refractivity contribution >= 4 is 15.8 Å². The van der Waals surface area contributed by atoms with Crippen LogP contribution in [0.5, 0.6) is 0 Å². The van der Waals surface area contributed by atoms with Crippen LogP contribution in [-0.4, -0.2) is 51.5 Å².